The van der Waals surface area contributed by atoms with Gasteiger partial charge in [-0.1, -0.05) is 0 Å². The van der Waals surface area contributed by atoms with Gasteiger partial charge < -0.3 is 34.3 Å². The van der Waals surface area contributed by atoms with Gasteiger partial charge in [-0.2, -0.15) is 0 Å². The Labute approximate surface area is 314 Å². The Bertz CT molecular complexity index is 2350. The van der Waals surface area contributed by atoms with E-state index in [-0.39, 0.29) is 35.0 Å². The fourth-order valence-electron chi connectivity index (χ4n) is 6.59. The van der Waals surface area contributed by atoms with Crippen LogP contribution < -0.4 is 35.5 Å². The number of amides is 1. The molecule has 13 nitrogen and oxygen atoms in total. The lowest BCUT2D eigenvalue weighted by atomic mass is 9.94. The Kier molecular flexibility index (Phi) is 10.6. The van der Waals surface area contributed by atoms with Gasteiger partial charge in [-0.05, 0) is 82.5 Å². The van der Waals surface area contributed by atoms with Crippen molar-refractivity contribution in [3.05, 3.63) is 105 Å². The molecule has 0 atom stereocenters. The molecule has 0 radical (unpaired) electrons. The Balaban J connectivity index is 1.09. The fourth-order valence-corrected chi connectivity index (χ4v) is 6.59. The van der Waals surface area contributed by atoms with Gasteiger partial charge in [-0.3, -0.25) is 19.1 Å². The van der Waals surface area contributed by atoms with Crippen LogP contribution in [0.3, 0.4) is 0 Å². The molecule has 1 fully saturated rings. The maximum Gasteiger partial charge on any atom is 0.335 e. The monoisotopic (exact) mass is 757 g/mol. The normalized spacial score (nSPS) is 15.3. The van der Waals surface area contributed by atoms with Crippen molar-refractivity contribution in [2.24, 2.45) is 0 Å². The van der Waals surface area contributed by atoms with Crippen LogP contribution in [0.4, 0.5) is 14.5 Å². The lowest BCUT2D eigenvalue weighted by Crippen LogP contribution is -2.42. The number of nitrogens with zero attached hydrogens (tertiary/aromatic N) is 4. The minimum absolute atomic E-state index is 0.0209. The third-order valence-corrected chi connectivity index (χ3v) is 9.66. The molecule has 0 spiro atoms. The first kappa shape index (κ1) is 37.5. The minimum Gasteiger partial charge on any atom is -0.489 e. The van der Waals surface area contributed by atoms with Crippen molar-refractivity contribution in [3.8, 4) is 34.4 Å². The average Bonchev–Trinajstić information content (AvgIpc) is 3.15. The maximum atomic E-state index is 15.6. The molecule has 1 amide bonds. The van der Waals surface area contributed by atoms with Crippen LogP contribution in [0.1, 0.15) is 56.4 Å². The molecule has 2 aromatic heterocycles. The summed E-state index contributed by atoms with van der Waals surface area (Å²) in [6, 6.07) is 11.4. The first-order valence-electron chi connectivity index (χ1n) is 18.1. The number of benzene rings is 3. The summed E-state index contributed by atoms with van der Waals surface area (Å²) >= 11 is 0. The van der Waals surface area contributed by atoms with Crippen LogP contribution in [-0.4, -0.2) is 75.1 Å². The largest absolute Gasteiger partial charge is 0.489 e. The van der Waals surface area contributed by atoms with Crippen molar-refractivity contribution in [1.82, 2.24) is 19.0 Å². The van der Waals surface area contributed by atoms with Crippen LogP contribution in [0, 0.1) is 11.6 Å². The zero-order valence-electron chi connectivity index (χ0n) is 30.6. The van der Waals surface area contributed by atoms with Crippen LogP contribution in [0.25, 0.3) is 16.6 Å². The van der Waals surface area contributed by atoms with Gasteiger partial charge in [0, 0.05) is 55.9 Å². The van der Waals surface area contributed by atoms with Gasteiger partial charge in [0.2, 0.25) is 5.75 Å². The highest BCUT2D eigenvalue weighted by atomic mass is 19.1. The van der Waals surface area contributed by atoms with Crippen molar-refractivity contribution in [2.75, 3.05) is 44.8 Å². The number of anilines is 1. The SMILES string of the molecule is CC(C)n1cc(C(=O)Nc2ccc(Oc3ccnc4cc(OCCCN5CCC(C)(O)CC5)c5c(c34)OCCO5)c(F)c2)c(=O)n(-c2ccc(F)cc2)c1=O. The van der Waals surface area contributed by atoms with Crippen LogP contribution in [-0.2, 0) is 0 Å². The number of aromatic nitrogens is 3. The first-order valence-corrected chi connectivity index (χ1v) is 18.1. The summed E-state index contributed by atoms with van der Waals surface area (Å²) in [6.07, 6.45) is 4.91. The summed E-state index contributed by atoms with van der Waals surface area (Å²) in [4.78, 5) is 46.8. The number of fused-ring (bicyclic) bond motifs is 3. The molecule has 2 N–H and O–H groups in total. The van der Waals surface area contributed by atoms with Gasteiger partial charge >= 0.3 is 5.69 Å². The number of likely N-dealkylation sites (tertiary alicyclic amines) is 1. The molecular formula is C40H41F2N5O8. The van der Waals surface area contributed by atoms with Gasteiger partial charge in [0.25, 0.3) is 11.5 Å². The lowest BCUT2D eigenvalue weighted by Gasteiger charge is -2.35. The Hall–Kier alpha value is -5.80. The number of hydrogen-bond donors (Lipinski definition) is 2. The topological polar surface area (TPSA) is 146 Å². The molecule has 5 aromatic rings. The molecule has 0 aliphatic carbocycles. The van der Waals surface area contributed by atoms with Gasteiger partial charge in [0.15, 0.2) is 23.1 Å². The van der Waals surface area contributed by atoms with Crippen molar-refractivity contribution < 1.29 is 37.6 Å². The molecule has 3 aromatic carbocycles. The number of rotatable bonds is 11. The van der Waals surface area contributed by atoms with Gasteiger partial charge in [0.05, 0.1) is 28.8 Å². The third kappa shape index (κ3) is 8.03. The summed E-state index contributed by atoms with van der Waals surface area (Å²) in [6.45, 7) is 8.77. The van der Waals surface area contributed by atoms with E-state index in [4.69, 9.17) is 18.9 Å². The molecule has 15 heteroatoms. The van der Waals surface area contributed by atoms with E-state index >= 15 is 4.39 Å². The fraction of sp³-hybridized carbons (Fsp3) is 0.350. The van der Waals surface area contributed by atoms with E-state index in [1.807, 2.05) is 6.92 Å². The van der Waals surface area contributed by atoms with E-state index in [1.54, 1.807) is 26.0 Å². The second-order valence-electron chi connectivity index (χ2n) is 14.1. The lowest BCUT2D eigenvalue weighted by molar-refractivity contribution is -0.00606. The molecule has 7 rings (SSSR count). The Morgan fingerprint density at radius 2 is 1.71 bits per heavy atom. The maximum absolute atomic E-state index is 15.6. The highest BCUT2D eigenvalue weighted by Gasteiger charge is 2.28. The molecule has 0 unspecified atom stereocenters. The number of ether oxygens (including phenoxy) is 4. The summed E-state index contributed by atoms with van der Waals surface area (Å²) in [7, 11) is 0. The number of carbonyl (C=O) groups excluding carboxylic acids is 1. The second-order valence-corrected chi connectivity index (χ2v) is 14.1. The van der Waals surface area contributed by atoms with E-state index in [0.29, 0.717) is 41.4 Å². The predicted octanol–water partition coefficient (Wildman–Crippen LogP) is 5.84. The van der Waals surface area contributed by atoms with Crippen LogP contribution in [0.5, 0.6) is 28.7 Å². The highest BCUT2D eigenvalue weighted by molar-refractivity contribution is 6.04. The quantitative estimate of drug-likeness (QED) is 0.158. The zero-order valence-corrected chi connectivity index (χ0v) is 30.6. The van der Waals surface area contributed by atoms with Crippen molar-refractivity contribution in [3.63, 3.8) is 0 Å². The standard InChI is InChI=1S/C40H41F2N5O8/c1-24(2)46-23-28(38(49)47(39(46)50)27-8-5-25(41)6-9-27)37(48)44-26-7-10-31(29(42)21-26)55-32-11-14-43-30-22-33(35-36(34(30)32)54-20-19-53-35)52-18-4-15-45-16-12-40(3,51)13-17-45/h5-11,14,21-24,51H,4,12-13,15-20H2,1-3H3,(H,44,48). The molecule has 0 bridgehead atoms. The molecule has 2 aliphatic heterocycles. The molecule has 1 saturated heterocycles. The van der Waals surface area contributed by atoms with Crippen LogP contribution >= 0.6 is 0 Å². The molecular weight excluding hydrogens is 716 g/mol. The first-order chi connectivity index (χ1) is 26.4. The highest BCUT2D eigenvalue weighted by Crippen LogP contribution is 2.48. The molecule has 2 aliphatic rings. The van der Waals surface area contributed by atoms with E-state index < -0.39 is 40.4 Å². The van der Waals surface area contributed by atoms with Gasteiger partial charge in [0.1, 0.15) is 30.3 Å². The van der Waals surface area contributed by atoms with E-state index in [1.165, 1.54) is 35.0 Å². The van der Waals surface area contributed by atoms with Crippen molar-refractivity contribution in [1.29, 1.82) is 0 Å². The molecule has 55 heavy (non-hydrogen) atoms. The van der Waals surface area contributed by atoms with E-state index in [0.717, 1.165) is 67.9 Å². The molecule has 0 saturated carbocycles. The van der Waals surface area contributed by atoms with Crippen molar-refractivity contribution in [2.45, 2.75) is 51.7 Å². The number of hydrogen-bond acceptors (Lipinski definition) is 10. The van der Waals surface area contributed by atoms with E-state index in [9.17, 15) is 23.9 Å². The van der Waals surface area contributed by atoms with E-state index in [2.05, 4.69) is 15.2 Å². The summed E-state index contributed by atoms with van der Waals surface area (Å²) in [5.41, 5.74) is -2.03. The zero-order chi connectivity index (χ0) is 38.9. The number of nitrogens with one attached hydrogen (secondary N) is 1. The van der Waals surface area contributed by atoms with Crippen LogP contribution in [0.15, 0.2) is 76.6 Å². The second kappa shape index (κ2) is 15.5. The smallest absolute Gasteiger partial charge is 0.335 e. The predicted molar refractivity (Wildman–Crippen MR) is 200 cm³/mol. The summed E-state index contributed by atoms with van der Waals surface area (Å²) < 4.78 is 55.5. The van der Waals surface area contributed by atoms with Gasteiger partial charge in [-0.15, -0.1) is 0 Å². The Morgan fingerprint density at radius 3 is 2.42 bits per heavy atom. The molecule has 288 valence electrons. The number of piperidine rings is 1. The van der Waals surface area contributed by atoms with Crippen molar-refractivity contribution >= 4 is 22.5 Å². The summed E-state index contributed by atoms with van der Waals surface area (Å²) in [5.74, 6) is -0.962. The summed E-state index contributed by atoms with van der Waals surface area (Å²) in [5, 5.41) is 13.2. The number of aliphatic hydroxyl groups is 1. The molecule has 4 heterocycles. The van der Waals surface area contributed by atoms with Crippen LogP contribution in [0.2, 0.25) is 0 Å². The number of carbonyl (C=O) groups is 1. The average molecular weight is 758 g/mol. The number of pyridine rings is 1. The Morgan fingerprint density at radius 1 is 0.982 bits per heavy atom. The van der Waals surface area contributed by atoms with Gasteiger partial charge in [-0.25, -0.2) is 18.1 Å². The number of halogens is 2. The minimum atomic E-state index is -0.924. The third-order valence-electron chi connectivity index (χ3n) is 9.66.